The zero-order valence-corrected chi connectivity index (χ0v) is 19.7. The Hall–Kier alpha value is -3.72. The minimum absolute atomic E-state index is 0.0136. The maximum atomic E-state index is 13.3. The molecule has 1 saturated heterocycles. The molecule has 1 atom stereocenters. The van der Waals surface area contributed by atoms with Crippen molar-refractivity contribution in [2.45, 2.75) is 12.5 Å². The fraction of sp³-hybridized carbons (Fsp3) is 0.360. The van der Waals surface area contributed by atoms with Crippen molar-refractivity contribution in [1.29, 1.82) is 0 Å². The van der Waals surface area contributed by atoms with Gasteiger partial charge in [0.25, 0.3) is 11.7 Å². The lowest BCUT2D eigenvalue weighted by atomic mass is 9.94. The highest BCUT2D eigenvalue weighted by atomic mass is 16.7. The number of rotatable bonds is 8. The number of Topliss-reactive ketones (excluding diaryl/α,β-unsaturated/α-hetero) is 1. The van der Waals surface area contributed by atoms with Crippen LogP contribution < -0.4 is 18.9 Å². The number of ether oxygens (including phenoxy) is 4. The third-order valence-corrected chi connectivity index (χ3v) is 5.92. The summed E-state index contributed by atoms with van der Waals surface area (Å²) < 4.78 is 21.7. The van der Waals surface area contributed by atoms with Gasteiger partial charge < -0.3 is 33.9 Å². The van der Waals surface area contributed by atoms with Gasteiger partial charge in [0.15, 0.2) is 11.5 Å². The van der Waals surface area contributed by atoms with Gasteiger partial charge in [-0.3, -0.25) is 9.59 Å². The number of hydrogen-bond acceptors (Lipinski definition) is 8. The highest BCUT2D eigenvalue weighted by molar-refractivity contribution is 6.46. The van der Waals surface area contributed by atoms with Crippen LogP contribution in [-0.2, 0) is 9.59 Å². The van der Waals surface area contributed by atoms with Crippen molar-refractivity contribution in [1.82, 2.24) is 9.80 Å². The van der Waals surface area contributed by atoms with E-state index in [1.54, 1.807) is 36.4 Å². The summed E-state index contributed by atoms with van der Waals surface area (Å²) in [5, 5.41) is 11.3. The van der Waals surface area contributed by atoms with Crippen LogP contribution in [-0.4, -0.2) is 74.8 Å². The Balaban J connectivity index is 1.86. The maximum absolute atomic E-state index is 13.3. The second kappa shape index (κ2) is 9.64. The van der Waals surface area contributed by atoms with E-state index in [9.17, 15) is 14.7 Å². The Bertz CT molecular complexity index is 1140. The second-order valence-electron chi connectivity index (χ2n) is 8.33. The first kappa shape index (κ1) is 23.4. The highest BCUT2D eigenvalue weighted by Gasteiger charge is 2.47. The van der Waals surface area contributed by atoms with Gasteiger partial charge in [0.1, 0.15) is 17.3 Å². The Kier molecular flexibility index (Phi) is 6.65. The maximum Gasteiger partial charge on any atom is 0.295 e. The fourth-order valence-corrected chi connectivity index (χ4v) is 4.24. The lowest BCUT2D eigenvalue weighted by Gasteiger charge is -2.27. The first-order valence-electron chi connectivity index (χ1n) is 10.9. The van der Waals surface area contributed by atoms with Crippen LogP contribution in [0.1, 0.15) is 23.6 Å². The molecule has 4 rings (SSSR count). The third-order valence-electron chi connectivity index (χ3n) is 5.92. The monoisotopic (exact) mass is 468 g/mol. The molecule has 1 unspecified atom stereocenters. The van der Waals surface area contributed by atoms with E-state index >= 15 is 0 Å². The molecule has 9 nitrogen and oxygen atoms in total. The number of hydrogen-bond donors (Lipinski definition) is 1. The van der Waals surface area contributed by atoms with Crippen LogP contribution in [0.15, 0.2) is 42.0 Å². The zero-order valence-electron chi connectivity index (χ0n) is 19.7. The summed E-state index contributed by atoms with van der Waals surface area (Å²) >= 11 is 0. The number of benzene rings is 2. The molecule has 0 aromatic heterocycles. The standard InChI is InChI=1S/C25H28N2O7/c1-26(2)10-5-11-27-22(17-13-16(31-3)7-9-18(17)32-4)21(24(29)25(27)30)23(28)15-6-8-19-20(12-15)34-14-33-19/h6-9,12-13,22,28H,5,10-11,14H2,1-4H3. The highest BCUT2D eigenvalue weighted by Crippen LogP contribution is 2.44. The van der Waals surface area contributed by atoms with Crippen LogP contribution in [0.5, 0.6) is 23.0 Å². The Morgan fingerprint density at radius 2 is 1.85 bits per heavy atom. The van der Waals surface area contributed by atoms with Gasteiger partial charge in [0, 0.05) is 17.7 Å². The first-order valence-corrected chi connectivity index (χ1v) is 10.9. The topological polar surface area (TPSA) is 97.8 Å². The third kappa shape index (κ3) is 4.26. The molecule has 1 N–H and O–H groups in total. The van der Waals surface area contributed by atoms with Crippen LogP contribution in [0.3, 0.4) is 0 Å². The number of aliphatic hydroxyl groups excluding tert-OH is 1. The van der Waals surface area contributed by atoms with Gasteiger partial charge in [-0.15, -0.1) is 0 Å². The molecule has 1 fully saturated rings. The molecule has 9 heteroatoms. The minimum Gasteiger partial charge on any atom is -0.507 e. The SMILES string of the molecule is COc1ccc(OC)c(C2C(=C(O)c3ccc4c(c3)OCO4)C(=O)C(=O)N2CCCN(C)C)c1. The number of carbonyl (C=O) groups excluding carboxylic acids is 2. The molecule has 2 heterocycles. The Morgan fingerprint density at radius 1 is 1.09 bits per heavy atom. The predicted molar refractivity (Wildman–Crippen MR) is 124 cm³/mol. The van der Waals surface area contributed by atoms with Crippen molar-refractivity contribution < 1.29 is 33.6 Å². The van der Waals surface area contributed by atoms with Crippen molar-refractivity contribution in [2.75, 3.05) is 48.2 Å². The van der Waals surface area contributed by atoms with E-state index in [4.69, 9.17) is 18.9 Å². The van der Waals surface area contributed by atoms with Crippen molar-refractivity contribution in [2.24, 2.45) is 0 Å². The van der Waals surface area contributed by atoms with Gasteiger partial charge >= 0.3 is 0 Å². The largest absolute Gasteiger partial charge is 0.507 e. The first-order chi connectivity index (χ1) is 16.3. The van der Waals surface area contributed by atoms with E-state index in [1.807, 2.05) is 19.0 Å². The molecule has 2 aromatic carbocycles. The number of aliphatic hydroxyl groups is 1. The number of methoxy groups -OCH3 is 2. The second-order valence-corrected chi connectivity index (χ2v) is 8.33. The molecule has 0 saturated carbocycles. The summed E-state index contributed by atoms with van der Waals surface area (Å²) in [5.41, 5.74) is 0.885. The summed E-state index contributed by atoms with van der Waals surface area (Å²) in [6, 6.07) is 9.21. The molecule has 0 aliphatic carbocycles. The van der Waals surface area contributed by atoms with Crippen LogP contribution >= 0.6 is 0 Å². The molecule has 180 valence electrons. The zero-order chi connectivity index (χ0) is 24.4. The quantitative estimate of drug-likeness (QED) is 0.359. The van der Waals surface area contributed by atoms with Gasteiger partial charge in [0.05, 0.1) is 25.8 Å². The molecular formula is C25H28N2O7. The average Bonchev–Trinajstić information content (AvgIpc) is 3.40. The van der Waals surface area contributed by atoms with E-state index in [0.29, 0.717) is 47.1 Å². The van der Waals surface area contributed by atoms with E-state index in [1.165, 1.54) is 19.1 Å². The Morgan fingerprint density at radius 3 is 2.56 bits per heavy atom. The molecule has 2 aliphatic heterocycles. The minimum atomic E-state index is -0.849. The number of likely N-dealkylation sites (tertiary alicyclic amines) is 1. The average molecular weight is 469 g/mol. The predicted octanol–water partition coefficient (Wildman–Crippen LogP) is 2.81. The summed E-state index contributed by atoms with van der Waals surface area (Å²) in [5.74, 6) is 0.304. The molecule has 2 aliphatic rings. The lowest BCUT2D eigenvalue weighted by Crippen LogP contribution is -2.32. The van der Waals surface area contributed by atoms with Crippen LogP contribution in [0.25, 0.3) is 5.76 Å². The number of amides is 1. The number of fused-ring (bicyclic) bond motifs is 1. The molecule has 0 bridgehead atoms. The summed E-state index contributed by atoms with van der Waals surface area (Å²) in [7, 11) is 6.93. The summed E-state index contributed by atoms with van der Waals surface area (Å²) in [4.78, 5) is 29.9. The van der Waals surface area contributed by atoms with Crippen molar-refractivity contribution >= 4 is 17.4 Å². The fourth-order valence-electron chi connectivity index (χ4n) is 4.24. The molecule has 1 amide bonds. The van der Waals surface area contributed by atoms with E-state index in [2.05, 4.69) is 0 Å². The molecule has 2 aromatic rings. The van der Waals surface area contributed by atoms with Crippen LogP contribution in [0.4, 0.5) is 0 Å². The van der Waals surface area contributed by atoms with Gasteiger partial charge in [-0.1, -0.05) is 0 Å². The van der Waals surface area contributed by atoms with Crippen molar-refractivity contribution in [3.8, 4) is 23.0 Å². The normalized spacial score (nSPS) is 18.6. The van der Waals surface area contributed by atoms with Gasteiger partial charge in [-0.2, -0.15) is 0 Å². The van der Waals surface area contributed by atoms with Gasteiger partial charge in [-0.25, -0.2) is 0 Å². The van der Waals surface area contributed by atoms with Crippen LogP contribution in [0, 0.1) is 0 Å². The number of ketones is 1. The van der Waals surface area contributed by atoms with E-state index in [0.717, 1.165) is 6.54 Å². The summed E-state index contributed by atoms with van der Waals surface area (Å²) in [6.07, 6.45) is 0.646. The summed E-state index contributed by atoms with van der Waals surface area (Å²) in [6.45, 7) is 1.13. The van der Waals surface area contributed by atoms with Gasteiger partial charge in [-0.05, 0) is 63.5 Å². The smallest absolute Gasteiger partial charge is 0.295 e. The number of nitrogens with zero attached hydrogens (tertiary/aromatic N) is 2. The molecule has 0 radical (unpaired) electrons. The number of carbonyl (C=O) groups is 2. The van der Waals surface area contributed by atoms with Gasteiger partial charge in [0.2, 0.25) is 6.79 Å². The van der Waals surface area contributed by atoms with Crippen LogP contribution in [0.2, 0.25) is 0 Å². The molecular weight excluding hydrogens is 440 g/mol. The van der Waals surface area contributed by atoms with Crippen molar-refractivity contribution in [3.05, 3.63) is 53.1 Å². The van der Waals surface area contributed by atoms with Crippen molar-refractivity contribution in [3.63, 3.8) is 0 Å². The lowest BCUT2D eigenvalue weighted by molar-refractivity contribution is -0.140. The Labute approximate surface area is 198 Å². The molecule has 34 heavy (non-hydrogen) atoms. The molecule has 0 spiro atoms. The van der Waals surface area contributed by atoms with E-state index < -0.39 is 17.7 Å². The van der Waals surface area contributed by atoms with E-state index in [-0.39, 0.29) is 18.1 Å².